The number of aromatic amines is 1. The fraction of sp³-hybridized carbons (Fsp3) is 0.733. The van der Waals surface area contributed by atoms with Gasteiger partial charge in [-0.05, 0) is 6.92 Å². The average molecular weight is 568 g/mol. The summed E-state index contributed by atoms with van der Waals surface area (Å²) in [6.07, 6.45) is -3.53. The standard InChI is InChI=1S/C15H27N2O15P3/c1-9(18)13-11(30-10(14(13)20)7-17-6-5-12(19)16-15(17)21)8-29-34(24,27-3)32-35(25,28-4)31-33(22,23)26-2/h5-6,9-11,13-14,18,20H,7-8H2,1-4H3,(H,22,23)(H,16,19,21)/t9?,10-,11+,13+,14-,34?,35?/m0/s1. The zero-order chi connectivity index (χ0) is 26.6. The summed E-state index contributed by atoms with van der Waals surface area (Å²) in [4.78, 5) is 34.6. The Morgan fingerprint density at radius 1 is 1.09 bits per heavy atom. The third-order valence-corrected chi connectivity index (χ3v) is 9.91. The number of H-pyrrole nitrogens is 1. The average Bonchev–Trinajstić information content (AvgIpc) is 3.09. The lowest BCUT2D eigenvalue weighted by Crippen LogP contribution is -2.39. The molecule has 17 nitrogen and oxygen atoms in total. The Labute approximate surface area is 198 Å². The molecule has 0 aliphatic carbocycles. The number of aromatic nitrogens is 2. The van der Waals surface area contributed by atoms with Crippen molar-refractivity contribution in [2.24, 2.45) is 5.92 Å². The number of nitrogens with zero attached hydrogens (tertiary/aromatic N) is 1. The van der Waals surface area contributed by atoms with Crippen LogP contribution in [0.3, 0.4) is 0 Å². The fourth-order valence-corrected chi connectivity index (χ4v) is 7.25. The van der Waals surface area contributed by atoms with Gasteiger partial charge in [-0.15, -0.1) is 0 Å². The summed E-state index contributed by atoms with van der Waals surface area (Å²) < 4.78 is 70.8. The summed E-state index contributed by atoms with van der Waals surface area (Å²) in [6, 6.07) is 1.09. The minimum Gasteiger partial charge on any atom is -0.393 e. The molecule has 4 N–H and O–H groups in total. The minimum absolute atomic E-state index is 0.218. The zero-order valence-corrected chi connectivity index (χ0v) is 21.7. The van der Waals surface area contributed by atoms with Gasteiger partial charge >= 0.3 is 29.2 Å². The highest BCUT2D eigenvalue weighted by Gasteiger charge is 2.49. The number of hydrogen-bond donors (Lipinski definition) is 4. The van der Waals surface area contributed by atoms with E-state index in [4.69, 9.17) is 9.26 Å². The molecule has 35 heavy (non-hydrogen) atoms. The van der Waals surface area contributed by atoms with Gasteiger partial charge in [0.25, 0.3) is 5.56 Å². The Morgan fingerprint density at radius 2 is 1.71 bits per heavy atom. The van der Waals surface area contributed by atoms with E-state index in [1.54, 1.807) is 0 Å². The Kier molecular flexibility index (Phi) is 10.4. The molecule has 0 spiro atoms. The molecule has 1 aromatic heterocycles. The number of rotatable bonds is 13. The first kappa shape index (κ1) is 30.2. The predicted octanol–water partition coefficient (Wildman–Crippen LogP) is -0.0325. The molecule has 0 bridgehead atoms. The molecular weight excluding hydrogens is 541 g/mol. The molecule has 1 aromatic rings. The molecule has 8 atom stereocenters. The van der Waals surface area contributed by atoms with Crippen molar-refractivity contribution in [1.29, 1.82) is 0 Å². The van der Waals surface area contributed by atoms with Crippen molar-refractivity contribution in [2.45, 2.75) is 37.9 Å². The van der Waals surface area contributed by atoms with Gasteiger partial charge < -0.3 is 19.8 Å². The van der Waals surface area contributed by atoms with E-state index < -0.39 is 71.7 Å². The molecule has 4 unspecified atom stereocenters. The summed E-state index contributed by atoms with van der Waals surface area (Å²) in [5.74, 6) is -1.01. The van der Waals surface area contributed by atoms with E-state index in [2.05, 4.69) is 22.2 Å². The third-order valence-electron chi connectivity index (χ3n) is 4.86. The molecule has 2 rings (SSSR count). The Bertz CT molecular complexity index is 1120. The van der Waals surface area contributed by atoms with Gasteiger partial charge in [0, 0.05) is 39.5 Å². The quantitative estimate of drug-likeness (QED) is 0.229. The van der Waals surface area contributed by atoms with Crippen molar-refractivity contribution < 1.29 is 60.3 Å². The SMILES string of the molecule is COP(=O)(O)OP(=O)(OC)OP(=O)(OC)OC[C@H]1O[C@@H](Cn2ccc(=O)[nH]c2=O)[C@H](O)[C@@H]1C(C)O. The van der Waals surface area contributed by atoms with Gasteiger partial charge in [0.1, 0.15) is 6.10 Å². The molecule has 0 radical (unpaired) electrons. The van der Waals surface area contributed by atoms with Crippen molar-refractivity contribution in [3.8, 4) is 0 Å². The van der Waals surface area contributed by atoms with Crippen LogP contribution in [0.1, 0.15) is 6.92 Å². The minimum atomic E-state index is -5.01. The molecule has 1 saturated heterocycles. The fourth-order valence-electron chi connectivity index (χ4n) is 3.18. The summed E-state index contributed by atoms with van der Waals surface area (Å²) in [7, 11) is -12.3. The van der Waals surface area contributed by atoms with Crippen LogP contribution >= 0.6 is 23.5 Å². The van der Waals surface area contributed by atoms with Gasteiger partial charge in [-0.25, -0.2) is 18.5 Å². The maximum atomic E-state index is 12.8. The number of hydrogen-bond acceptors (Lipinski definition) is 14. The molecular formula is C15H27N2O15P3. The number of aliphatic hydroxyl groups excluding tert-OH is 2. The highest BCUT2D eigenvalue weighted by molar-refractivity contribution is 7.67. The number of phosphoric acid groups is 3. The van der Waals surface area contributed by atoms with Crippen LogP contribution in [0.25, 0.3) is 0 Å². The van der Waals surface area contributed by atoms with E-state index in [-0.39, 0.29) is 6.54 Å². The van der Waals surface area contributed by atoms with E-state index >= 15 is 0 Å². The van der Waals surface area contributed by atoms with Crippen LogP contribution in [0.15, 0.2) is 21.9 Å². The van der Waals surface area contributed by atoms with Crippen LogP contribution < -0.4 is 11.2 Å². The van der Waals surface area contributed by atoms with E-state index in [1.165, 1.54) is 13.1 Å². The maximum absolute atomic E-state index is 12.8. The molecule has 1 aliphatic heterocycles. The molecule has 2 heterocycles. The zero-order valence-electron chi connectivity index (χ0n) is 19.0. The lowest BCUT2D eigenvalue weighted by atomic mass is 9.91. The normalized spacial score (nSPS) is 28.7. The largest absolute Gasteiger partial charge is 0.492 e. The second kappa shape index (κ2) is 12.0. The molecule has 1 aliphatic rings. The Balaban J connectivity index is 2.17. The first-order valence-corrected chi connectivity index (χ1v) is 14.2. The lowest BCUT2D eigenvalue weighted by molar-refractivity contribution is -0.0260. The van der Waals surface area contributed by atoms with Crippen LogP contribution in [-0.2, 0) is 51.7 Å². The van der Waals surface area contributed by atoms with Gasteiger partial charge in [-0.1, -0.05) is 0 Å². The lowest BCUT2D eigenvalue weighted by Gasteiger charge is -2.25. The number of nitrogens with one attached hydrogen (secondary N) is 1. The van der Waals surface area contributed by atoms with Gasteiger partial charge in [0.15, 0.2) is 0 Å². The first-order chi connectivity index (χ1) is 16.2. The van der Waals surface area contributed by atoms with Crippen LogP contribution in [0.4, 0.5) is 0 Å². The molecule has 1 fully saturated rings. The highest BCUT2D eigenvalue weighted by atomic mass is 31.3. The summed E-state index contributed by atoms with van der Waals surface area (Å²) >= 11 is 0. The van der Waals surface area contributed by atoms with Crippen molar-refractivity contribution in [1.82, 2.24) is 9.55 Å². The van der Waals surface area contributed by atoms with Gasteiger partial charge in [-0.2, -0.15) is 8.62 Å². The van der Waals surface area contributed by atoms with Gasteiger partial charge in [-0.3, -0.25) is 32.4 Å². The van der Waals surface area contributed by atoms with E-state index in [0.717, 1.165) is 32.0 Å². The second-order valence-corrected chi connectivity index (χ2v) is 12.5. The smallest absolute Gasteiger partial charge is 0.393 e. The van der Waals surface area contributed by atoms with Crippen molar-refractivity contribution >= 4 is 23.5 Å². The molecule has 20 heteroatoms. The van der Waals surface area contributed by atoms with E-state index in [0.29, 0.717) is 0 Å². The van der Waals surface area contributed by atoms with E-state index in [1.807, 2.05) is 4.98 Å². The number of aliphatic hydroxyl groups is 2. The molecule has 0 saturated carbocycles. The van der Waals surface area contributed by atoms with Crippen LogP contribution in [0.2, 0.25) is 0 Å². The summed E-state index contributed by atoms with van der Waals surface area (Å²) in [5.41, 5.74) is -1.38. The molecule has 0 aromatic carbocycles. The monoisotopic (exact) mass is 568 g/mol. The molecule has 0 amide bonds. The first-order valence-electron chi connectivity index (χ1n) is 9.77. The summed E-state index contributed by atoms with van der Waals surface area (Å²) in [5, 5.41) is 20.8. The Morgan fingerprint density at radius 3 is 2.23 bits per heavy atom. The topological polar surface area (TPSA) is 231 Å². The van der Waals surface area contributed by atoms with Crippen LogP contribution in [0.5, 0.6) is 0 Å². The van der Waals surface area contributed by atoms with Crippen LogP contribution in [0, 0.1) is 5.92 Å². The highest BCUT2D eigenvalue weighted by Crippen LogP contribution is 2.71. The van der Waals surface area contributed by atoms with E-state index in [9.17, 15) is 38.4 Å². The van der Waals surface area contributed by atoms with Gasteiger partial charge in [0.2, 0.25) is 0 Å². The second-order valence-electron chi connectivity index (χ2n) is 7.15. The predicted molar refractivity (Wildman–Crippen MR) is 115 cm³/mol. The van der Waals surface area contributed by atoms with Crippen molar-refractivity contribution in [3.63, 3.8) is 0 Å². The van der Waals surface area contributed by atoms with Crippen LogP contribution in [-0.4, -0.2) is 77.0 Å². The van der Waals surface area contributed by atoms with Gasteiger partial charge in [0.05, 0.1) is 31.5 Å². The maximum Gasteiger partial charge on any atom is 0.492 e. The number of ether oxygens (including phenoxy) is 1. The van der Waals surface area contributed by atoms with Crippen molar-refractivity contribution in [3.05, 3.63) is 33.1 Å². The molecule has 202 valence electrons. The Hall–Kier alpha value is -1.03. The van der Waals surface area contributed by atoms with Crippen molar-refractivity contribution in [2.75, 3.05) is 27.9 Å². The third kappa shape index (κ3) is 7.98. The number of phosphoric ester groups is 2. The summed E-state index contributed by atoms with van der Waals surface area (Å²) in [6.45, 7) is 0.464.